The van der Waals surface area contributed by atoms with Crippen molar-refractivity contribution in [2.45, 2.75) is 78.7 Å². The molecule has 1 nitrogen and oxygen atoms in total. The van der Waals surface area contributed by atoms with E-state index in [-0.39, 0.29) is 0 Å². The molecule has 0 bridgehead atoms. The van der Waals surface area contributed by atoms with Crippen molar-refractivity contribution >= 4 is 0 Å². The molecule has 3 aliphatic rings. The molecule has 1 N–H and O–H groups in total. The van der Waals surface area contributed by atoms with Gasteiger partial charge < -0.3 is 5.11 Å². The van der Waals surface area contributed by atoms with Crippen LogP contribution in [-0.4, -0.2) is 10.7 Å². The maximum absolute atomic E-state index is 11.2. The first-order valence-electron chi connectivity index (χ1n) is 9.15. The lowest BCUT2D eigenvalue weighted by Crippen LogP contribution is -2.62. The van der Waals surface area contributed by atoms with Crippen LogP contribution in [0.25, 0.3) is 0 Å². The van der Waals surface area contributed by atoms with Crippen LogP contribution in [0.5, 0.6) is 0 Å². The molecular weight excluding hydrogens is 256 g/mol. The highest BCUT2D eigenvalue weighted by Gasteiger charge is 2.67. The Labute approximate surface area is 131 Å². The van der Waals surface area contributed by atoms with Crippen molar-refractivity contribution in [2.24, 2.45) is 35.0 Å². The van der Waals surface area contributed by atoms with Gasteiger partial charge in [-0.2, -0.15) is 0 Å². The summed E-state index contributed by atoms with van der Waals surface area (Å²) in [6.45, 7) is 11.7. The molecule has 3 aliphatic carbocycles. The first kappa shape index (κ1) is 15.6. The van der Waals surface area contributed by atoms with Crippen molar-refractivity contribution < 1.29 is 5.11 Å². The van der Waals surface area contributed by atoms with E-state index < -0.39 is 5.60 Å². The van der Waals surface area contributed by atoms with Gasteiger partial charge in [0, 0.05) is 0 Å². The average molecular weight is 290 g/mol. The molecule has 120 valence electrons. The van der Waals surface area contributed by atoms with Gasteiger partial charge >= 0.3 is 0 Å². The van der Waals surface area contributed by atoms with Gasteiger partial charge in [-0.3, -0.25) is 0 Å². The number of allylic oxidation sites excluding steroid dienone is 2. The lowest BCUT2D eigenvalue weighted by Gasteiger charge is -2.63. The summed E-state index contributed by atoms with van der Waals surface area (Å²) in [5.74, 6) is 3.63. The minimum absolute atomic E-state index is 0.465. The molecule has 0 aliphatic heterocycles. The molecule has 0 aromatic heterocycles. The SMILES string of the molecule is C/C1=C/CCC(C)(O)C2C(CC1)C1(C)CCC(C(C)C)C21. The summed E-state index contributed by atoms with van der Waals surface area (Å²) in [6, 6.07) is 0. The molecule has 21 heavy (non-hydrogen) atoms. The van der Waals surface area contributed by atoms with Crippen LogP contribution < -0.4 is 0 Å². The summed E-state index contributed by atoms with van der Waals surface area (Å²) in [5, 5.41) is 11.2. The lowest BCUT2D eigenvalue weighted by molar-refractivity contribution is -0.203. The fourth-order valence-electron chi connectivity index (χ4n) is 6.30. The van der Waals surface area contributed by atoms with Gasteiger partial charge in [0.1, 0.15) is 0 Å². The zero-order chi connectivity index (χ0) is 15.4. The highest BCUT2D eigenvalue weighted by atomic mass is 16.3. The number of hydrogen-bond acceptors (Lipinski definition) is 1. The minimum atomic E-state index is -0.465. The zero-order valence-corrected chi connectivity index (χ0v) is 14.7. The van der Waals surface area contributed by atoms with Crippen LogP contribution in [0, 0.1) is 35.0 Å². The molecule has 0 aromatic rings. The van der Waals surface area contributed by atoms with E-state index >= 15 is 0 Å². The van der Waals surface area contributed by atoms with E-state index in [1.54, 1.807) is 0 Å². The maximum Gasteiger partial charge on any atom is 0.0656 e. The Morgan fingerprint density at radius 2 is 1.86 bits per heavy atom. The van der Waals surface area contributed by atoms with Gasteiger partial charge in [0.15, 0.2) is 0 Å². The van der Waals surface area contributed by atoms with Crippen molar-refractivity contribution in [2.75, 3.05) is 0 Å². The summed E-state index contributed by atoms with van der Waals surface area (Å²) < 4.78 is 0. The van der Waals surface area contributed by atoms with Gasteiger partial charge in [0.2, 0.25) is 0 Å². The molecule has 2 fully saturated rings. The summed E-state index contributed by atoms with van der Waals surface area (Å²) in [6.07, 6.45) is 9.68. The number of hydrogen-bond donors (Lipinski definition) is 1. The van der Waals surface area contributed by atoms with Crippen LogP contribution in [0.1, 0.15) is 73.1 Å². The Morgan fingerprint density at radius 1 is 1.14 bits per heavy atom. The Bertz CT molecular complexity index is 433. The smallest absolute Gasteiger partial charge is 0.0656 e. The quantitative estimate of drug-likeness (QED) is 0.659. The molecule has 0 spiro atoms. The second-order valence-corrected chi connectivity index (χ2v) is 9.10. The van der Waals surface area contributed by atoms with E-state index in [2.05, 4.69) is 40.7 Å². The van der Waals surface area contributed by atoms with Crippen molar-refractivity contribution in [3.05, 3.63) is 11.6 Å². The van der Waals surface area contributed by atoms with Gasteiger partial charge in [-0.25, -0.2) is 0 Å². The predicted molar refractivity (Wildman–Crippen MR) is 89.0 cm³/mol. The molecule has 3 rings (SSSR count). The summed E-state index contributed by atoms with van der Waals surface area (Å²) >= 11 is 0. The van der Waals surface area contributed by atoms with Crippen molar-refractivity contribution in [3.63, 3.8) is 0 Å². The Kier molecular flexibility index (Phi) is 3.80. The predicted octanol–water partition coefficient (Wildman–Crippen LogP) is 5.19. The van der Waals surface area contributed by atoms with Crippen LogP contribution in [0.15, 0.2) is 11.6 Å². The monoisotopic (exact) mass is 290 g/mol. The standard InChI is InChI=1S/C20H34O/c1-13(2)15-10-12-19(4)16-9-8-14(3)7-6-11-20(5,21)18(16)17(15)19/h7,13,15-18,21H,6,8-12H2,1-5H3/b14-7-. The number of fused-ring (bicyclic) bond motifs is 4. The highest BCUT2D eigenvalue weighted by molar-refractivity contribution is 5.17. The van der Waals surface area contributed by atoms with E-state index in [1.807, 2.05) is 0 Å². The summed E-state index contributed by atoms with van der Waals surface area (Å²) in [4.78, 5) is 0. The molecule has 0 saturated heterocycles. The van der Waals surface area contributed by atoms with Crippen LogP contribution >= 0.6 is 0 Å². The Hall–Kier alpha value is -0.300. The van der Waals surface area contributed by atoms with Crippen molar-refractivity contribution in [1.29, 1.82) is 0 Å². The fourth-order valence-corrected chi connectivity index (χ4v) is 6.30. The highest BCUT2D eigenvalue weighted by Crippen LogP contribution is 2.71. The number of aliphatic hydroxyl groups is 1. The van der Waals surface area contributed by atoms with E-state index in [1.165, 1.54) is 31.3 Å². The van der Waals surface area contributed by atoms with E-state index in [9.17, 15) is 5.11 Å². The van der Waals surface area contributed by atoms with Gasteiger partial charge in [0.05, 0.1) is 5.60 Å². The Morgan fingerprint density at radius 3 is 2.52 bits per heavy atom. The van der Waals surface area contributed by atoms with Gasteiger partial charge in [-0.05, 0) is 87.4 Å². The molecular formula is C20H34O. The minimum Gasteiger partial charge on any atom is -0.390 e. The fraction of sp³-hybridized carbons (Fsp3) is 0.900. The molecule has 0 amide bonds. The second-order valence-electron chi connectivity index (χ2n) is 9.10. The van der Waals surface area contributed by atoms with Gasteiger partial charge in [-0.15, -0.1) is 0 Å². The molecule has 6 unspecified atom stereocenters. The van der Waals surface area contributed by atoms with Crippen LogP contribution in [-0.2, 0) is 0 Å². The molecule has 6 atom stereocenters. The maximum atomic E-state index is 11.2. The summed E-state index contributed by atoms with van der Waals surface area (Å²) in [7, 11) is 0. The van der Waals surface area contributed by atoms with E-state index in [4.69, 9.17) is 0 Å². The first-order chi connectivity index (χ1) is 9.77. The number of rotatable bonds is 1. The first-order valence-corrected chi connectivity index (χ1v) is 9.15. The van der Waals surface area contributed by atoms with Crippen LogP contribution in [0.4, 0.5) is 0 Å². The topological polar surface area (TPSA) is 20.2 Å². The van der Waals surface area contributed by atoms with E-state index in [0.29, 0.717) is 11.3 Å². The summed E-state index contributed by atoms with van der Waals surface area (Å²) in [5.41, 5.74) is 1.58. The molecule has 0 aromatic carbocycles. The second kappa shape index (κ2) is 5.11. The normalized spacial score (nSPS) is 52.8. The lowest BCUT2D eigenvalue weighted by atomic mass is 9.42. The van der Waals surface area contributed by atoms with Crippen LogP contribution in [0.2, 0.25) is 0 Å². The third-order valence-corrected chi connectivity index (χ3v) is 7.47. The average Bonchev–Trinajstić information content (AvgIpc) is 2.66. The Balaban J connectivity index is 1.92. The molecule has 0 radical (unpaired) electrons. The molecule has 0 heterocycles. The van der Waals surface area contributed by atoms with Crippen molar-refractivity contribution in [3.8, 4) is 0 Å². The zero-order valence-electron chi connectivity index (χ0n) is 14.7. The third-order valence-electron chi connectivity index (χ3n) is 7.47. The van der Waals surface area contributed by atoms with Gasteiger partial charge in [0.25, 0.3) is 0 Å². The largest absolute Gasteiger partial charge is 0.390 e. The third kappa shape index (κ3) is 2.31. The van der Waals surface area contributed by atoms with Gasteiger partial charge in [-0.1, -0.05) is 32.4 Å². The van der Waals surface area contributed by atoms with E-state index in [0.717, 1.165) is 36.5 Å². The van der Waals surface area contributed by atoms with Crippen LogP contribution in [0.3, 0.4) is 0 Å². The molecule has 2 saturated carbocycles. The molecule has 1 heteroatoms. The van der Waals surface area contributed by atoms with Crippen molar-refractivity contribution in [1.82, 2.24) is 0 Å².